The molecule has 21 heavy (non-hydrogen) atoms. The lowest BCUT2D eigenvalue weighted by Gasteiger charge is -2.37. The Labute approximate surface area is 134 Å². The predicted octanol–water partition coefficient (Wildman–Crippen LogP) is 3.90. The maximum absolute atomic E-state index is 6.06. The highest BCUT2D eigenvalue weighted by Crippen LogP contribution is 2.28. The summed E-state index contributed by atoms with van der Waals surface area (Å²) < 4.78 is 0. The molecule has 0 unspecified atom stereocenters. The third-order valence-electron chi connectivity index (χ3n) is 3.80. The Bertz CT molecular complexity index is 620. The monoisotopic (exact) mass is 321 g/mol. The van der Waals surface area contributed by atoms with E-state index in [0.29, 0.717) is 5.02 Å². The van der Waals surface area contributed by atoms with Crippen molar-refractivity contribution in [1.29, 1.82) is 0 Å². The molecule has 0 aliphatic carbocycles. The van der Waals surface area contributed by atoms with Crippen LogP contribution in [0.25, 0.3) is 0 Å². The fourth-order valence-electron chi connectivity index (χ4n) is 2.67. The highest BCUT2D eigenvalue weighted by Gasteiger charge is 2.19. The van der Waals surface area contributed by atoms with E-state index in [1.165, 1.54) is 5.69 Å². The van der Waals surface area contributed by atoms with Crippen LogP contribution in [0.1, 0.15) is 0 Å². The molecule has 110 valence electrons. The highest BCUT2D eigenvalue weighted by atomic mass is 35.5. The second kappa shape index (κ2) is 6.04. The van der Waals surface area contributed by atoms with Gasteiger partial charge in [-0.25, -0.2) is 0 Å². The Morgan fingerprint density at radius 1 is 0.762 bits per heavy atom. The quantitative estimate of drug-likeness (QED) is 0.851. The van der Waals surface area contributed by atoms with E-state index in [1.54, 1.807) is 0 Å². The number of nitrogens with two attached hydrogens (primary N) is 1. The molecule has 1 heterocycles. The molecule has 0 spiro atoms. The first-order chi connectivity index (χ1) is 10.1. The first kappa shape index (κ1) is 14.4. The normalized spacial score (nSPS) is 15.3. The fourth-order valence-corrected chi connectivity index (χ4v) is 2.98. The molecule has 1 fully saturated rings. The van der Waals surface area contributed by atoms with E-state index in [9.17, 15) is 0 Å². The summed E-state index contributed by atoms with van der Waals surface area (Å²) >= 11 is 11.9. The van der Waals surface area contributed by atoms with Crippen LogP contribution in [0.15, 0.2) is 42.5 Å². The van der Waals surface area contributed by atoms with Crippen molar-refractivity contribution >= 4 is 40.3 Å². The van der Waals surface area contributed by atoms with E-state index in [0.717, 1.165) is 42.6 Å². The highest BCUT2D eigenvalue weighted by molar-refractivity contribution is 6.31. The molecule has 1 saturated heterocycles. The SMILES string of the molecule is Nc1cc(Cl)ccc1N1CCN(c2ccc(Cl)cc2)CC1. The lowest BCUT2D eigenvalue weighted by molar-refractivity contribution is 0.654. The van der Waals surface area contributed by atoms with Gasteiger partial charge in [0, 0.05) is 41.9 Å². The lowest BCUT2D eigenvalue weighted by Crippen LogP contribution is -2.46. The minimum Gasteiger partial charge on any atom is -0.397 e. The van der Waals surface area contributed by atoms with Gasteiger partial charge in [-0.05, 0) is 42.5 Å². The Balaban J connectivity index is 1.68. The molecule has 2 N–H and O–H groups in total. The number of rotatable bonds is 2. The second-order valence-electron chi connectivity index (χ2n) is 5.15. The van der Waals surface area contributed by atoms with Crippen LogP contribution < -0.4 is 15.5 Å². The number of halogens is 2. The minimum atomic E-state index is 0.677. The van der Waals surface area contributed by atoms with E-state index in [-0.39, 0.29) is 0 Å². The van der Waals surface area contributed by atoms with Gasteiger partial charge in [0.05, 0.1) is 11.4 Å². The van der Waals surface area contributed by atoms with E-state index in [1.807, 2.05) is 30.3 Å². The summed E-state index contributed by atoms with van der Waals surface area (Å²) in [7, 11) is 0. The van der Waals surface area contributed by atoms with Crippen molar-refractivity contribution < 1.29 is 0 Å². The van der Waals surface area contributed by atoms with Crippen LogP contribution in [0.3, 0.4) is 0 Å². The molecule has 0 bridgehead atoms. The fraction of sp³-hybridized carbons (Fsp3) is 0.250. The van der Waals surface area contributed by atoms with Gasteiger partial charge in [0.1, 0.15) is 0 Å². The molecular formula is C16H17Cl2N3. The number of piperazine rings is 1. The summed E-state index contributed by atoms with van der Waals surface area (Å²) in [5.74, 6) is 0. The molecule has 0 aromatic heterocycles. The molecule has 3 nitrogen and oxygen atoms in total. The Hall–Kier alpha value is -1.58. The van der Waals surface area contributed by atoms with Gasteiger partial charge in [0.2, 0.25) is 0 Å². The first-order valence-electron chi connectivity index (χ1n) is 6.94. The molecule has 2 aromatic carbocycles. The van der Waals surface area contributed by atoms with Crippen LogP contribution in [0.5, 0.6) is 0 Å². The van der Waals surface area contributed by atoms with Crippen molar-refractivity contribution in [2.75, 3.05) is 41.7 Å². The van der Waals surface area contributed by atoms with Crippen molar-refractivity contribution in [3.05, 3.63) is 52.5 Å². The largest absolute Gasteiger partial charge is 0.397 e. The number of benzene rings is 2. The molecule has 5 heteroatoms. The van der Waals surface area contributed by atoms with Crippen molar-refractivity contribution in [1.82, 2.24) is 0 Å². The molecule has 1 aliphatic heterocycles. The third-order valence-corrected chi connectivity index (χ3v) is 4.29. The first-order valence-corrected chi connectivity index (χ1v) is 7.69. The summed E-state index contributed by atoms with van der Waals surface area (Å²) in [5, 5.41) is 1.45. The van der Waals surface area contributed by atoms with Gasteiger partial charge < -0.3 is 15.5 Å². The van der Waals surface area contributed by atoms with Gasteiger partial charge in [0.15, 0.2) is 0 Å². The van der Waals surface area contributed by atoms with E-state index in [4.69, 9.17) is 28.9 Å². The molecule has 0 atom stereocenters. The number of hydrogen-bond acceptors (Lipinski definition) is 3. The maximum atomic E-state index is 6.06. The second-order valence-corrected chi connectivity index (χ2v) is 6.03. The average molecular weight is 322 g/mol. The minimum absolute atomic E-state index is 0.677. The molecule has 0 saturated carbocycles. The Morgan fingerprint density at radius 3 is 1.95 bits per heavy atom. The summed E-state index contributed by atoms with van der Waals surface area (Å²) in [4.78, 5) is 4.66. The lowest BCUT2D eigenvalue weighted by atomic mass is 10.2. The standard InChI is InChI=1S/C16H17Cl2N3/c17-12-1-4-14(5-2-12)20-7-9-21(10-8-20)16-6-3-13(18)11-15(16)19/h1-6,11H,7-10,19H2. The van der Waals surface area contributed by atoms with Crippen LogP contribution in [0.2, 0.25) is 10.0 Å². The zero-order valence-electron chi connectivity index (χ0n) is 11.6. The Morgan fingerprint density at radius 2 is 1.33 bits per heavy atom. The van der Waals surface area contributed by atoms with Crippen LogP contribution >= 0.6 is 23.2 Å². The van der Waals surface area contributed by atoms with Crippen LogP contribution in [-0.4, -0.2) is 26.2 Å². The maximum Gasteiger partial charge on any atom is 0.0602 e. The summed E-state index contributed by atoms with van der Waals surface area (Å²) in [6.07, 6.45) is 0. The van der Waals surface area contributed by atoms with Crippen molar-refractivity contribution in [2.45, 2.75) is 0 Å². The van der Waals surface area contributed by atoms with Crippen LogP contribution in [-0.2, 0) is 0 Å². The van der Waals surface area contributed by atoms with Gasteiger partial charge in [-0.2, -0.15) is 0 Å². The van der Waals surface area contributed by atoms with Gasteiger partial charge >= 0.3 is 0 Å². The van der Waals surface area contributed by atoms with Crippen LogP contribution in [0, 0.1) is 0 Å². The Kier molecular flexibility index (Phi) is 4.13. The zero-order valence-corrected chi connectivity index (χ0v) is 13.1. The third kappa shape index (κ3) is 3.20. The van der Waals surface area contributed by atoms with Gasteiger partial charge in [-0.3, -0.25) is 0 Å². The van der Waals surface area contributed by atoms with Gasteiger partial charge in [-0.15, -0.1) is 0 Å². The van der Waals surface area contributed by atoms with Gasteiger partial charge in [0.25, 0.3) is 0 Å². The number of hydrogen-bond donors (Lipinski definition) is 1. The molecule has 1 aliphatic rings. The van der Waals surface area contributed by atoms with Crippen molar-refractivity contribution in [2.24, 2.45) is 0 Å². The molecular weight excluding hydrogens is 305 g/mol. The predicted molar refractivity (Wildman–Crippen MR) is 91.7 cm³/mol. The average Bonchev–Trinajstić information content (AvgIpc) is 2.48. The van der Waals surface area contributed by atoms with Crippen molar-refractivity contribution in [3.8, 4) is 0 Å². The van der Waals surface area contributed by atoms with Crippen molar-refractivity contribution in [3.63, 3.8) is 0 Å². The topological polar surface area (TPSA) is 32.5 Å². The molecule has 0 radical (unpaired) electrons. The van der Waals surface area contributed by atoms with E-state index >= 15 is 0 Å². The van der Waals surface area contributed by atoms with Crippen LogP contribution in [0.4, 0.5) is 17.1 Å². The molecule has 2 aromatic rings. The molecule has 0 amide bonds. The van der Waals surface area contributed by atoms with E-state index < -0.39 is 0 Å². The summed E-state index contributed by atoms with van der Waals surface area (Å²) in [5.41, 5.74) is 9.07. The zero-order chi connectivity index (χ0) is 14.8. The smallest absolute Gasteiger partial charge is 0.0602 e. The number of anilines is 3. The van der Waals surface area contributed by atoms with Gasteiger partial charge in [-0.1, -0.05) is 23.2 Å². The summed E-state index contributed by atoms with van der Waals surface area (Å²) in [6.45, 7) is 3.80. The number of nitrogens with zero attached hydrogens (tertiary/aromatic N) is 2. The number of nitrogen functional groups attached to an aromatic ring is 1. The molecule has 3 rings (SSSR count). The summed E-state index contributed by atoms with van der Waals surface area (Å²) in [6, 6.07) is 13.7. The van der Waals surface area contributed by atoms with E-state index in [2.05, 4.69) is 21.9 Å².